The van der Waals surface area contributed by atoms with Gasteiger partial charge >= 0.3 is 0 Å². The molecule has 0 N–H and O–H groups in total. The van der Waals surface area contributed by atoms with Gasteiger partial charge in [0.05, 0.1) is 6.10 Å². The maximum absolute atomic E-state index is 5.58. The monoisotopic (exact) mass is 313 g/mol. The molecule has 1 saturated carbocycles. The molecule has 1 aliphatic carbocycles. The van der Waals surface area contributed by atoms with E-state index in [2.05, 4.69) is 37.8 Å². The zero-order chi connectivity index (χ0) is 13.1. The highest BCUT2D eigenvalue weighted by molar-refractivity contribution is 9.09. The van der Waals surface area contributed by atoms with Crippen molar-refractivity contribution in [2.24, 2.45) is 5.92 Å². The summed E-state index contributed by atoms with van der Waals surface area (Å²) in [6, 6.07) is 1.91. The second kappa shape index (κ2) is 5.87. The predicted molar refractivity (Wildman–Crippen MR) is 76.5 cm³/mol. The molecule has 1 heterocycles. The van der Waals surface area contributed by atoms with E-state index in [-0.39, 0.29) is 6.10 Å². The van der Waals surface area contributed by atoms with E-state index >= 15 is 0 Å². The third-order valence-electron chi connectivity index (χ3n) is 3.09. The van der Waals surface area contributed by atoms with Crippen LogP contribution < -0.4 is 9.64 Å². The van der Waals surface area contributed by atoms with Gasteiger partial charge in [-0.2, -0.15) is 0 Å². The fourth-order valence-electron chi connectivity index (χ4n) is 2.13. The van der Waals surface area contributed by atoms with Crippen LogP contribution in [0.25, 0.3) is 0 Å². The normalized spacial score (nSPS) is 22.7. The van der Waals surface area contributed by atoms with E-state index in [1.807, 2.05) is 19.9 Å². The molecule has 0 atom stereocenters. The maximum atomic E-state index is 5.58. The van der Waals surface area contributed by atoms with Crippen molar-refractivity contribution in [3.63, 3.8) is 0 Å². The van der Waals surface area contributed by atoms with Crippen molar-refractivity contribution < 1.29 is 4.74 Å². The van der Waals surface area contributed by atoms with Crippen molar-refractivity contribution in [2.75, 3.05) is 18.5 Å². The minimum Gasteiger partial charge on any atom is -0.475 e. The Labute approximate surface area is 117 Å². The average Bonchev–Trinajstić information content (AvgIpc) is 2.26. The van der Waals surface area contributed by atoms with Gasteiger partial charge in [0, 0.05) is 24.5 Å². The number of aromatic nitrogens is 2. The third-order valence-corrected chi connectivity index (χ3v) is 3.83. The van der Waals surface area contributed by atoms with E-state index in [0.29, 0.717) is 10.7 Å². The molecule has 0 spiro atoms. The molecule has 4 nitrogen and oxygen atoms in total. The Kier molecular flexibility index (Phi) is 4.43. The number of hydrogen-bond donors (Lipinski definition) is 0. The second-order valence-electron chi connectivity index (χ2n) is 5.20. The van der Waals surface area contributed by atoms with Crippen molar-refractivity contribution in [2.45, 2.75) is 37.6 Å². The van der Waals surface area contributed by atoms with Crippen molar-refractivity contribution >= 4 is 21.7 Å². The lowest BCUT2D eigenvalue weighted by Crippen LogP contribution is -2.35. The molecular weight excluding hydrogens is 294 g/mol. The quantitative estimate of drug-likeness (QED) is 0.783. The molecule has 0 bridgehead atoms. The van der Waals surface area contributed by atoms with E-state index in [4.69, 9.17) is 4.74 Å². The summed E-state index contributed by atoms with van der Waals surface area (Å²) in [7, 11) is 2.07. The van der Waals surface area contributed by atoms with Crippen LogP contribution in [0.4, 0.5) is 5.82 Å². The molecule has 0 saturated heterocycles. The number of halogens is 1. The highest BCUT2D eigenvalue weighted by Crippen LogP contribution is 2.34. The first kappa shape index (κ1) is 13.6. The number of hydrogen-bond acceptors (Lipinski definition) is 4. The summed E-state index contributed by atoms with van der Waals surface area (Å²) in [5.41, 5.74) is 0. The first-order valence-electron chi connectivity index (χ1n) is 6.38. The minimum atomic E-state index is 0.138. The Hall–Kier alpha value is -0.840. The zero-order valence-corrected chi connectivity index (χ0v) is 12.7. The van der Waals surface area contributed by atoms with Crippen LogP contribution in [0.5, 0.6) is 5.88 Å². The van der Waals surface area contributed by atoms with Crippen LogP contribution in [0.1, 0.15) is 26.7 Å². The summed E-state index contributed by atoms with van der Waals surface area (Å²) in [6.45, 7) is 5.03. The fraction of sp³-hybridized carbons (Fsp3) is 0.692. The van der Waals surface area contributed by atoms with Crippen molar-refractivity contribution in [1.82, 2.24) is 9.97 Å². The topological polar surface area (TPSA) is 38.2 Å². The van der Waals surface area contributed by atoms with Crippen LogP contribution in [-0.4, -0.2) is 34.5 Å². The van der Waals surface area contributed by atoms with Crippen LogP contribution >= 0.6 is 15.9 Å². The van der Waals surface area contributed by atoms with Crippen molar-refractivity contribution in [3.05, 3.63) is 12.4 Å². The van der Waals surface area contributed by atoms with Gasteiger partial charge in [0.25, 0.3) is 0 Å². The Morgan fingerprint density at radius 1 is 1.44 bits per heavy atom. The van der Waals surface area contributed by atoms with Crippen LogP contribution in [0.2, 0.25) is 0 Å². The molecule has 18 heavy (non-hydrogen) atoms. The maximum Gasteiger partial charge on any atom is 0.218 e. The van der Waals surface area contributed by atoms with E-state index in [9.17, 15) is 0 Å². The molecule has 5 heteroatoms. The smallest absolute Gasteiger partial charge is 0.218 e. The fourth-order valence-corrected chi connectivity index (χ4v) is 3.19. The van der Waals surface area contributed by atoms with Gasteiger partial charge in [-0.1, -0.05) is 15.9 Å². The van der Waals surface area contributed by atoms with Crippen LogP contribution in [0, 0.1) is 5.92 Å². The average molecular weight is 314 g/mol. The van der Waals surface area contributed by atoms with Gasteiger partial charge in [-0.15, -0.1) is 0 Å². The highest BCUT2D eigenvalue weighted by atomic mass is 79.9. The molecule has 1 fully saturated rings. The van der Waals surface area contributed by atoms with Gasteiger partial charge in [-0.05, 0) is 32.6 Å². The van der Waals surface area contributed by atoms with E-state index in [1.54, 1.807) is 6.33 Å². The first-order valence-corrected chi connectivity index (χ1v) is 7.30. The van der Waals surface area contributed by atoms with Crippen LogP contribution in [-0.2, 0) is 0 Å². The highest BCUT2D eigenvalue weighted by Gasteiger charge is 2.27. The Bertz CT molecular complexity index is 394. The molecule has 0 amide bonds. The molecule has 1 aromatic rings. The standard InChI is InChI=1S/C13H20BrN3O/c1-9(2)18-13-6-12(15-8-16-13)17(3)7-10-4-11(14)5-10/h6,8-11H,4-5,7H2,1-3H3. The van der Waals surface area contributed by atoms with Gasteiger partial charge in [-0.25, -0.2) is 9.97 Å². The van der Waals surface area contributed by atoms with Gasteiger partial charge < -0.3 is 9.64 Å². The lowest BCUT2D eigenvalue weighted by molar-refractivity contribution is 0.232. The molecule has 1 aromatic heterocycles. The molecule has 0 unspecified atom stereocenters. The number of rotatable bonds is 5. The Morgan fingerprint density at radius 3 is 2.78 bits per heavy atom. The van der Waals surface area contributed by atoms with Gasteiger partial charge in [0.15, 0.2) is 0 Å². The number of ether oxygens (including phenoxy) is 1. The number of alkyl halides is 1. The van der Waals surface area contributed by atoms with Crippen LogP contribution in [0.15, 0.2) is 12.4 Å². The van der Waals surface area contributed by atoms with Crippen molar-refractivity contribution in [1.29, 1.82) is 0 Å². The molecule has 100 valence electrons. The lowest BCUT2D eigenvalue weighted by Gasteiger charge is -2.34. The second-order valence-corrected chi connectivity index (χ2v) is 6.49. The van der Waals surface area contributed by atoms with E-state index in [1.165, 1.54) is 12.8 Å². The molecule has 1 aliphatic rings. The van der Waals surface area contributed by atoms with Crippen LogP contribution in [0.3, 0.4) is 0 Å². The molecular formula is C13H20BrN3O. The summed E-state index contributed by atoms with van der Waals surface area (Å²) in [5.74, 6) is 2.34. The molecule has 0 radical (unpaired) electrons. The Balaban J connectivity index is 1.94. The van der Waals surface area contributed by atoms with Crippen molar-refractivity contribution in [3.8, 4) is 5.88 Å². The summed E-state index contributed by atoms with van der Waals surface area (Å²) in [6.07, 6.45) is 4.21. The summed E-state index contributed by atoms with van der Waals surface area (Å²) in [4.78, 5) is 11.3. The van der Waals surface area contributed by atoms with Gasteiger partial charge in [0.1, 0.15) is 12.1 Å². The third kappa shape index (κ3) is 3.57. The van der Waals surface area contributed by atoms with Gasteiger partial charge in [-0.3, -0.25) is 0 Å². The SMILES string of the molecule is CC(C)Oc1cc(N(C)CC2CC(Br)C2)ncn1. The minimum absolute atomic E-state index is 0.138. The number of nitrogens with zero attached hydrogens (tertiary/aromatic N) is 3. The molecule has 2 rings (SSSR count). The summed E-state index contributed by atoms with van der Waals surface area (Å²) >= 11 is 3.62. The Morgan fingerprint density at radius 2 is 2.17 bits per heavy atom. The van der Waals surface area contributed by atoms with E-state index in [0.717, 1.165) is 18.3 Å². The molecule has 0 aromatic carbocycles. The predicted octanol–water partition coefficient (Wildman–Crippen LogP) is 2.87. The lowest BCUT2D eigenvalue weighted by atomic mass is 9.85. The zero-order valence-electron chi connectivity index (χ0n) is 11.1. The number of anilines is 1. The largest absolute Gasteiger partial charge is 0.475 e. The van der Waals surface area contributed by atoms with Gasteiger partial charge in [0.2, 0.25) is 5.88 Å². The molecule has 0 aliphatic heterocycles. The summed E-state index contributed by atoms with van der Waals surface area (Å²) in [5, 5.41) is 0. The summed E-state index contributed by atoms with van der Waals surface area (Å²) < 4.78 is 5.58. The first-order chi connectivity index (χ1) is 8.54. The van der Waals surface area contributed by atoms with E-state index < -0.39 is 0 Å².